The Labute approximate surface area is 238 Å². The lowest BCUT2D eigenvalue weighted by Gasteiger charge is -2.32. The molecule has 3 heterocycles. The largest absolute Gasteiger partial charge is 0.343 e. The second-order valence-corrected chi connectivity index (χ2v) is 11.9. The summed E-state index contributed by atoms with van der Waals surface area (Å²) in [4.78, 5) is 47.4. The van der Waals surface area contributed by atoms with Crippen molar-refractivity contribution in [3.63, 3.8) is 0 Å². The molecule has 2 amide bonds. The van der Waals surface area contributed by atoms with Gasteiger partial charge >= 0.3 is 0 Å². The Morgan fingerprint density at radius 3 is 2.50 bits per heavy atom. The molecular formula is C32H45N5O3. The van der Waals surface area contributed by atoms with Gasteiger partial charge in [0.05, 0.1) is 23.5 Å². The number of hydrogen-bond donors (Lipinski definition) is 2. The standard InChI is InChI=1S/C32H45N5O3/c1-5-18-32(3,4)31(40)37(6-2)19-10-9-11-23-16-20-36(21-17-23)22-28(38)26-14-15-27-29(34-26)33-25-13-8-7-12-24(25)30(39)35-27/h7-8,12-15,23H,5-6,9-11,16-22H2,1-4H3,(H,33,34)(H,35,39). The average molecular weight is 548 g/mol. The molecule has 0 radical (unpaired) electrons. The molecule has 1 aromatic heterocycles. The van der Waals surface area contributed by atoms with E-state index in [9.17, 15) is 14.4 Å². The minimum absolute atomic E-state index is 0.0118. The number of hydrogen-bond acceptors (Lipinski definition) is 6. The van der Waals surface area contributed by atoms with Crippen molar-refractivity contribution in [1.29, 1.82) is 0 Å². The quantitative estimate of drug-likeness (QED) is 0.245. The summed E-state index contributed by atoms with van der Waals surface area (Å²) in [6, 6.07) is 10.7. The molecule has 2 aromatic rings. The van der Waals surface area contributed by atoms with E-state index in [2.05, 4.69) is 48.2 Å². The molecule has 0 saturated carbocycles. The number of para-hydroxylation sites is 1. The normalized spacial score (nSPS) is 15.8. The Morgan fingerprint density at radius 1 is 1.02 bits per heavy atom. The lowest BCUT2D eigenvalue weighted by atomic mass is 9.86. The van der Waals surface area contributed by atoms with Gasteiger partial charge in [0, 0.05) is 18.5 Å². The zero-order valence-electron chi connectivity index (χ0n) is 24.6. The summed E-state index contributed by atoms with van der Waals surface area (Å²) in [6.07, 6.45) is 7.49. The molecule has 8 heteroatoms. The van der Waals surface area contributed by atoms with E-state index in [1.165, 1.54) is 6.42 Å². The number of Topliss-reactive ketones (excluding diaryl/α,β-unsaturated/α-hetero) is 1. The summed E-state index contributed by atoms with van der Waals surface area (Å²) < 4.78 is 0. The summed E-state index contributed by atoms with van der Waals surface area (Å²) in [7, 11) is 0. The Morgan fingerprint density at radius 2 is 1.77 bits per heavy atom. The maximum absolute atomic E-state index is 13.1. The summed E-state index contributed by atoms with van der Waals surface area (Å²) in [5.41, 5.74) is 1.91. The number of pyridine rings is 1. The average Bonchev–Trinajstić information content (AvgIpc) is 3.08. The van der Waals surface area contributed by atoms with Gasteiger partial charge in [-0.3, -0.25) is 19.3 Å². The van der Waals surface area contributed by atoms with Crippen LogP contribution in [0.15, 0.2) is 36.4 Å². The third kappa shape index (κ3) is 7.27. The van der Waals surface area contributed by atoms with E-state index in [0.717, 1.165) is 64.7 Å². The van der Waals surface area contributed by atoms with Crippen molar-refractivity contribution in [1.82, 2.24) is 14.8 Å². The zero-order chi connectivity index (χ0) is 28.7. The first-order chi connectivity index (χ1) is 19.2. The minimum atomic E-state index is -0.277. The van der Waals surface area contributed by atoms with E-state index in [4.69, 9.17) is 0 Å². The van der Waals surface area contributed by atoms with Gasteiger partial charge in [0.25, 0.3) is 5.91 Å². The number of amides is 2. The molecule has 0 unspecified atom stereocenters. The number of aromatic nitrogens is 1. The second-order valence-electron chi connectivity index (χ2n) is 11.9. The van der Waals surface area contributed by atoms with Crippen molar-refractivity contribution >= 4 is 34.8 Å². The van der Waals surface area contributed by atoms with Crippen LogP contribution in [-0.4, -0.2) is 65.1 Å². The Balaban J connectivity index is 1.21. The van der Waals surface area contributed by atoms with Gasteiger partial charge in [0.15, 0.2) is 11.6 Å². The van der Waals surface area contributed by atoms with E-state index in [0.29, 0.717) is 40.9 Å². The summed E-state index contributed by atoms with van der Waals surface area (Å²) in [5.74, 6) is 1.23. The first-order valence-electron chi connectivity index (χ1n) is 14.9. The highest BCUT2D eigenvalue weighted by molar-refractivity contribution is 6.12. The van der Waals surface area contributed by atoms with E-state index in [1.54, 1.807) is 18.2 Å². The fraction of sp³-hybridized carbons (Fsp3) is 0.562. The van der Waals surface area contributed by atoms with Crippen LogP contribution < -0.4 is 10.6 Å². The van der Waals surface area contributed by atoms with Crippen molar-refractivity contribution < 1.29 is 14.4 Å². The number of carbonyl (C=O) groups is 3. The molecule has 8 nitrogen and oxygen atoms in total. The highest BCUT2D eigenvalue weighted by Crippen LogP contribution is 2.31. The van der Waals surface area contributed by atoms with Crippen molar-refractivity contribution in [3.8, 4) is 0 Å². The molecule has 4 rings (SSSR count). The maximum Gasteiger partial charge on any atom is 0.257 e. The molecule has 1 aromatic carbocycles. The van der Waals surface area contributed by atoms with Crippen LogP contribution in [0, 0.1) is 11.3 Å². The number of ketones is 1. The van der Waals surface area contributed by atoms with Crippen LogP contribution in [0.3, 0.4) is 0 Å². The highest BCUT2D eigenvalue weighted by atomic mass is 16.2. The van der Waals surface area contributed by atoms with Gasteiger partial charge in [-0.1, -0.05) is 52.2 Å². The summed E-state index contributed by atoms with van der Waals surface area (Å²) in [5, 5.41) is 6.08. The van der Waals surface area contributed by atoms with Gasteiger partial charge in [0.1, 0.15) is 5.69 Å². The maximum atomic E-state index is 13.1. The molecule has 1 fully saturated rings. The predicted molar refractivity (Wildman–Crippen MR) is 160 cm³/mol. The van der Waals surface area contributed by atoms with Crippen LogP contribution in [0.2, 0.25) is 0 Å². The number of piperidine rings is 1. The zero-order valence-corrected chi connectivity index (χ0v) is 24.6. The van der Waals surface area contributed by atoms with Crippen molar-refractivity contribution in [2.75, 3.05) is 43.4 Å². The Bertz CT molecular complexity index is 1200. The number of unbranched alkanes of at least 4 members (excludes halogenated alkanes) is 1. The van der Waals surface area contributed by atoms with Gasteiger partial charge in [-0.15, -0.1) is 0 Å². The van der Waals surface area contributed by atoms with Crippen molar-refractivity contribution in [3.05, 3.63) is 47.7 Å². The van der Waals surface area contributed by atoms with Crippen LogP contribution in [0.4, 0.5) is 17.2 Å². The van der Waals surface area contributed by atoms with Crippen LogP contribution in [0.5, 0.6) is 0 Å². The number of fused-ring (bicyclic) bond motifs is 2. The lowest BCUT2D eigenvalue weighted by molar-refractivity contribution is -0.140. The molecule has 40 heavy (non-hydrogen) atoms. The number of rotatable bonds is 12. The van der Waals surface area contributed by atoms with Gasteiger partial charge < -0.3 is 15.5 Å². The molecule has 0 aliphatic carbocycles. The van der Waals surface area contributed by atoms with E-state index < -0.39 is 0 Å². The van der Waals surface area contributed by atoms with Crippen LogP contribution in [0.25, 0.3) is 0 Å². The molecule has 0 atom stereocenters. The number of anilines is 3. The number of benzene rings is 1. The number of carbonyl (C=O) groups excluding carboxylic acids is 3. The third-order valence-corrected chi connectivity index (χ3v) is 8.34. The first-order valence-corrected chi connectivity index (χ1v) is 14.9. The van der Waals surface area contributed by atoms with Gasteiger partial charge in [-0.25, -0.2) is 4.98 Å². The van der Waals surface area contributed by atoms with E-state index in [-0.39, 0.29) is 23.0 Å². The SMILES string of the molecule is CCCC(C)(C)C(=O)N(CC)CCCCC1CCN(CC(=O)c2ccc3c(n2)Nc2ccccc2C(=O)N3)CC1. The van der Waals surface area contributed by atoms with Crippen molar-refractivity contribution in [2.24, 2.45) is 11.3 Å². The molecule has 1 saturated heterocycles. The van der Waals surface area contributed by atoms with Crippen LogP contribution >= 0.6 is 0 Å². The molecular weight excluding hydrogens is 502 g/mol. The molecule has 216 valence electrons. The fourth-order valence-corrected chi connectivity index (χ4v) is 5.93. The van der Waals surface area contributed by atoms with E-state index >= 15 is 0 Å². The van der Waals surface area contributed by atoms with Gasteiger partial charge in [-0.05, 0) is 75.9 Å². The minimum Gasteiger partial charge on any atom is -0.343 e. The number of nitrogens with one attached hydrogen (secondary N) is 2. The lowest BCUT2D eigenvalue weighted by Crippen LogP contribution is -2.41. The topological polar surface area (TPSA) is 94.6 Å². The predicted octanol–water partition coefficient (Wildman–Crippen LogP) is 6.13. The first kappa shape index (κ1) is 29.7. The summed E-state index contributed by atoms with van der Waals surface area (Å²) >= 11 is 0. The summed E-state index contributed by atoms with van der Waals surface area (Å²) in [6.45, 7) is 12.1. The molecule has 2 aliphatic heterocycles. The third-order valence-electron chi connectivity index (χ3n) is 8.34. The second kappa shape index (κ2) is 13.4. The molecule has 0 bridgehead atoms. The van der Waals surface area contributed by atoms with Gasteiger partial charge in [0.2, 0.25) is 5.91 Å². The van der Waals surface area contributed by atoms with Crippen LogP contribution in [-0.2, 0) is 4.79 Å². The van der Waals surface area contributed by atoms with Gasteiger partial charge in [-0.2, -0.15) is 0 Å². The number of nitrogens with zero attached hydrogens (tertiary/aromatic N) is 3. The Hall–Kier alpha value is -3.26. The number of likely N-dealkylation sites (tertiary alicyclic amines) is 1. The Kier molecular flexibility index (Phi) is 9.95. The highest BCUT2D eigenvalue weighted by Gasteiger charge is 2.30. The molecule has 2 aliphatic rings. The smallest absolute Gasteiger partial charge is 0.257 e. The monoisotopic (exact) mass is 547 g/mol. The van der Waals surface area contributed by atoms with Crippen molar-refractivity contribution in [2.45, 2.75) is 72.6 Å². The van der Waals surface area contributed by atoms with E-state index in [1.807, 2.05) is 23.1 Å². The van der Waals surface area contributed by atoms with Crippen LogP contribution in [0.1, 0.15) is 93.5 Å². The fourth-order valence-electron chi connectivity index (χ4n) is 5.93. The molecule has 2 N–H and O–H groups in total. The molecule has 0 spiro atoms.